The van der Waals surface area contributed by atoms with Gasteiger partial charge in [0.05, 0.1) is 6.04 Å². The molecule has 1 unspecified atom stereocenters. The maximum absolute atomic E-state index is 12.1. The molecule has 1 heterocycles. The van der Waals surface area contributed by atoms with Crippen LogP contribution in [0.3, 0.4) is 0 Å². The molecule has 0 spiro atoms. The van der Waals surface area contributed by atoms with Crippen molar-refractivity contribution in [3.8, 4) is 0 Å². The molecule has 1 aliphatic rings. The van der Waals surface area contributed by atoms with Gasteiger partial charge < -0.3 is 10.6 Å². The summed E-state index contributed by atoms with van der Waals surface area (Å²) in [6.45, 7) is 12.9. The molecule has 0 radical (unpaired) electrons. The van der Waals surface area contributed by atoms with E-state index in [1.807, 2.05) is 0 Å². The molecule has 1 fully saturated rings. The zero-order valence-corrected chi connectivity index (χ0v) is 15.9. The number of amides is 1. The molecule has 0 aliphatic carbocycles. The van der Waals surface area contributed by atoms with Crippen LogP contribution in [-0.2, 0) is 4.79 Å². The third-order valence-corrected chi connectivity index (χ3v) is 4.49. The molecule has 4 heteroatoms. The number of nitrogens with one attached hydrogen (secondary N) is 2. The molecule has 2 N–H and O–H groups in total. The molecule has 0 aromatic rings. The number of unbranched alkanes of at least 4 members (excludes halogenated alkanes) is 5. The summed E-state index contributed by atoms with van der Waals surface area (Å²) in [4.78, 5) is 14.4. The SMILES string of the molecule is CC(C)CN1CCC1C(=O)NCCCCCCCCNC(C)C. The molecular formula is C19H39N3O. The smallest absolute Gasteiger partial charge is 0.237 e. The Hall–Kier alpha value is -0.610. The highest BCUT2D eigenvalue weighted by molar-refractivity contribution is 5.82. The Kier molecular flexibility index (Phi) is 10.5. The highest BCUT2D eigenvalue weighted by Crippen LogP contribution is 2.18. The van der Waals surface area contributed by atoms with Gasteiger partial charge in [-0.3, -0.25) is 9.69 Å². The maximum atomic E-state index is 12.1. The van der Waals surface area contributed by atoms with E-state index in [1.54, 1.807) is 0 Å². The fourth-order valence-corrected chi connectivity index (χ4v) is 3.10. The molecule has 1 saturated heterocycles. The monoisotopic (exact) mass is 325 g/mol. The van der Waals surface area contributed by atoms with Crippen LogP contribution in [0.2, 0.25) is 0 Å². The van der Waals surface area contributed by atoms with Gasteiger partial charge in [0.15, 0.2) is 0 Å². The first-order valence-corrected chi connectivity index (χ1v) is 9.76. The van der Waals surface area contributed by atoms with Gasteiger partial charge in [-0.15, -0.1) is 0 Å². The average Bonchev–Trinajstić information content (AvgIpc) is 2.45. The van der Waals surface area contributed by atoms with Crippen molar-refractivity contribution in [3.63, 3.8) is 0 Å². The Labute approximate surface area is 143 Å². The van der Waals surface area contributed by atoms with E-state index in [0.29, 0.717) is 12.0 Å². The van der Waals surface area contributed by atoms with Crippen LogP contribution in [0.4, 0.5) is 0 Å². The standard InChI is InChI=1S/C19H39N3O/c1-16(2)15-22-14-11-18(22)19(23)21-13-10-8-6-5-7-9-12-20-17(3)4/h16-18,20H,5-15H2,1-4H3,(H,21,23). The molecule has 0 saturated carbocycles. The van der Waals surface area contributed by atoms with Gasteiger partial charge in [0.2, 0.25) is 5.91 Å². The number of nitrogens with zero attached hydrogens (tertiary/aromatic N) is 1. The molecule has 1 amide bonds. The zero-order chi connectivity index (χ0) is 17.1. The van der Waals surface area contributed by atoms with Crippen LogP contribution in [-0.4, -0.2) is 49.1 Å². The van der Waals surface area contributed by atoms with Crippen molar-refractivity contribution in [2.45, 2.75) is 84.7 Å². The molecule has 4 nitrogen and oxygen atoms in total. The second-order valence-electron chi connectivity index (χ2n) is 7.71. The van der Waals surface area contributed by atoms with Crippen molar-refractivity contribution >= 4 is 5.91 Å². The molecule has 0 aromatic carbocycles. The predicted molar refractivity (Wildman–Crippen MR) is 98.7 cm³/mol. The highest BCUT2D eigenvalue weighted by atomic mass is 16.2. The summed E-state index contributed by atoms with van der Waals surface area (Å²) in [6.07, 6.45) is 8.59. The van der Waals surface area contributed by atoms with E-state index in [4.69, 9.17) is 0 Å². The largest absolute Gasteiger partial charge is 0.355 e. The van der Waals surface area contributed by atoms with E-state index in [0.717, 1.165) is 39.0 Å². The Morgan fingerprint density at radius 2 is 1.61 bits per heavy atom. The Morgan fingerprint density at radius 1 is 1.00 bits per heavy atom. The van der Waals surface area contributed by atoms with Crippen LogP contribution in [0.1, 0.15) is 72.6 Å². The van der Waals surface area contributed by atoms with Gasteiger partial charge >= 0.3 is 0 Å². The van der Waals surface area contributed by atoms with Crippen LogP contribution < -0.4 is 10.6 Å². The number of carbonyl (C=O) groups excluding carboxylic acids is 1. The first-order chi connectivity index (χ1) is 11.0. The number of carbonyl (C=O) groups is 1. The molecular weight excluding hydrogens is 286 g/mol. The normalized spacial score (nSPS) is 18.4. The molecule has 0 bridgehead atoms. The fourth-order valence-electron chi connectivity index (χ4n) is 3.10. The molecule has 1 aliphatic heterocycles. The second-order valence-corrected chi connectivity index (χ2v) is 7.71. The first-order valence-electron chi connectivity index (χ1n) is 9.76. The summed E-state index contributed by atoms with van der Waals surface area (Å²) in [6, 6.07) is 0.747. The van der Waals surface area contributed by atoms with Crippen molar-refractivity contribution in [1.29, 1.82) is 0 Å². The van der Waals surface area contributed by atoms with E-state index in [1.165, 1.54) is 32.1 Å². The topological polar surface area (TPSA) is 44.4 Å². The van der Waals surface area contributed by atoms with Crippen LogP contribution in [0, 0.1) is 5.92 Å². The lowest BCUT2D eigenvalue weighted by Crippen LogP contribution is -2.57. The van der Waals surface area contributed by atoms with Crippen LogP contribution in [0.25, 0.3) is 0 Å². The summed E-state index contributed by atoms with van der Waals surface area (Å²) in [5, 5.41) is 6.58. The minimum absolute atomic E-state index is 0.144. The van der Waals surface area contributed by atoms with Gasteiger partial charge in [-0.1, -0.05) is 53.4 Å². The lowest BCUT2D eigenvalue weighted by molar-refractivity contribution is -0.131. The van der Waals surface area contributed by atoms with Gasteiger partial charge in [0.1, 0.15) is 0 Å². The van der Waals surface area contributed by atoms with Gasteiger partial charge in [-0.2, -0.15) is 0 Å². The van der Waals surface area contributed by atoms with E-state index in [2.05, 4.69) is 43.2 Å². The minimum atomic E-state index is 0.144. The lowest BCUT2D eigenvalue weighted by atomic mass is 10.00. The zero-order valence-electron chi connectivity index (χ0n) is 15.9. The van der Waals surface area contributed by atoms with Crippen molar-refractivity contribution in [2.24, 2.45) is 5.92 Å². The van der Waals surface area contributed by atoms with Crippen molar-refractivity contribution < 1.29 is 4.79 Å². The first kappa shape index (κ1) is 20.4. The number of hydrogen-bond donors (Lipinski definition) is 2. The predicted octanol–water partition coefficient (Wildman–Crippen LogP) is 3.17. The maximum Gasteiger partial charge on any atom is 0.237 e. The Balaban J connectivity index is 1.90. The summed E-state index contributed by atoms with van der Waals surface area (Å²) >= 11 is 0. The summed E-state index contributed by atoms with van der Waals surface area (Å²) in [5.41, 5.74) is 0. The van der Waals surface area contributed by atoms with Crippen molar-refractivity contribution in [1.82, 2.24) is 15.5 Å². The highest BCUT2D eigenvalue weighted by Gasteiger charge is 2.33. The Morgan fingerprint density at radius 3 is 2.13 bits per heavy atom. The summed E-state index contributed by atoms with van der Waals surface area (Å²) in [7, 11) is 0. The molecule has 1 rings (SSSR count). The van der Waals surface area contributed by atoms with Gasteiger partial charge in [0, 0.05) is 25.7 Å². The van der Waals surface area contributed by atoms with Crippen molar-refractivity contribution in [2.75, 3.05) is 26.2 Å². The number of rotatable bonds is 13. The number of hydrogen-bond acceptors (Lipinski definition) is 3. The van der Waals surface area contributed by atoms with Crippen LogP contribution >= 0.6 is 0 Å². The summed E-state index contributed by atoms with van der Waals surface area (Å²) < 4.78 is 0. The van der Waals surface area contributed by atoms with E-state index < -0.39 is 0 Å². The molecule has 0 aromatic heterocycles. The summed E-state index contributed by atoms with van der Waals surface area (Å²) in [5.74, 6) is 0.887. The van der Waals surface area contributed by atoms with Crippen molar-refractivity contribution in [3.05, 3.63) is 0 Å². The lowest BCUT2D eigenvalue weighted by Gasteiger charge is -2.40. The molecule has 1 atom stereocenters. The third kappa shape index (κ3) is 9.31. The fraction of sp³-hybridized carbons (Fsp3) is 0.947. The molecule has 136 valence electrons. The second kappa shape index (κ2) is 11.9. The van der Waals surface area contributed by atoms with Gasteiger partial charge in [0.25, 0.3) is 0 Å². The third-order valence-electron chi connectivity index (χ3n) is 4.49. The Bertz CT molecular complexity index is 318. The van der Waals surface area contributed by atoms with Crippen LogP contribution in [0.15, 0.2) is 0 Å². The van der Waals surface area contributed by atoms with E-state index >= 15 is 0 Å². The average molecular weight is 326 g/mol. The van der Waals surface area contributed by atoms with E-state index in [-0.39, 0.29) is 11.9 Å². The quantitative estimate of drug-likeness (QED) is 0.511. The van der Waals surface area contributed by atoms with Gasteiger partial charge in [-0.05, 0) is 31.7 Å². The minimum Gasteiger partial charge on any atom is -0.355 e. The number of likely N-dealkylation sites (tertiary alicyclic amines) is 1. The van der Waals surface area contributed by atoms with E-state index in [9.17, 15) is 4.79 Å². The molecule has 23 heavy (non-hydrogen) atoms. The van der Waals surface area contributed by atoms with Gasteiger partial charge in [-0.25, -0.2) is 0 Å². The van der Waals surface area contributed by atoms with Crippen LogP contribution in [0.5, 0.6) is 0 Å².